The van der Waals surface area contributed by atoms with E-state index in [4.69, 9.17) is 5.73 Å². The number of rotatable bonds is 3. The number of anilines is 1. The molecule has 0 amide bonds. The number of allylic oxidation sites excluding steroid dienone is 1. The number of aryl methyl sites for hydroxylation is 1. The summed E-state index contributed by atoms with van der Waals surface area (Å²) in [4.78, 5) is 15.6. The minimum Gasteiger partial charge on any atom is -0.384 e. The molecule has 4 N–H and O–H groups in total. The summed E-state index contributed by atoms with van der Waals surface area (Å²) in [6.07, 6.45) is 11.5. The van der Waals surface area contributed by atoms with Gasteiger partial charge in [-0.05, 0) is 55.5 Å². The van der Waals surface area contributed by atoms with Gasteiger partial charge in [0.05, 0.1) is 5.52 Å². The first kappa shape index (κ1) is 17.0. The number of aromatic nitrogens is 4. The molecule has 1 aliphatic rings. The van der Waals surface area contributed by atoms with Gasteiger partial charge in [0, 0.05) is 22.2 Å². The predicted molar refractivity (Wildman–Crippen MR) is 116 cm³/mol. The molecule has 0 atom stereocenters. The fourth-order valence-electron chi connectivity index (χ4n) is 4.31. The number of fused-ring (bicyclic) bond motifs is 2. The topological polar surface area (TPSA) is 83.4 Å². The van der Waals surface area contributed by atoms with Crippen LogP contribution in [-0.2, 0) is 0 Å². The molecule has 0 bridgehead atoms. The summed E-state index contributed by atoms with van der Waals surface area (Å²) in [7, 11) is 0. The van der Waals surface area contributed by atoms with Gasteiger partial charge in [-0.2, -0.15) is 0 Å². The fourth-order valence-corrected chi connectivity index (χ4v) is 4.31. The molecule has 0 unspecified atom stereocenters. The van der Waals surface area contributed by atoms with Gasteiger partial charge in [-0.15, -0.1) is 0 Å². The molecular formula is C23H25N5. The van der Waals surface area contributed by atoms with Crippen LogP contribution >= 0.6 is 0 Å². The van der Waals surface area contributed by atoms with Crippen LogP contribution < -0.4 is 5.73 Å². The summed E-state index contributed by atoms with van der Waals surface area (Å²) in [5.41, 5.74) is 12.0. The highest BCUT2D eigenvalue weighted by Crippen LogP contribution is 2.31. The lowest BCUT2D eigenvalue weighted by atomic mass is 9.89. The van der Waals surface area contributed by atoms with Crippen LogP contribution in [0.25, 0.3) is 39.4 Å². The average molecular weight is 371 g/mol. The minimum atomic E-state index is 0.476. The van der Waals surface area contributed by atoms with Gasteiger partial charge in [0.25, 0.3) is 0 Å². The Morgan fingerprint density at radius 3 is 2.75 bits per heavy atom. The van der Waals surface area contributed by atoms with Crippen molar-refractivity contribution in [2.75, 3.05) is 5.73 Å². The van der Waals surface area contributed by atoms with Gasteiger partial charge in [0.2, 0.25) is 0 Å². The summed E-state index contributed by atoms with van der Waals surface area (Å²) in [5, 5.41) is 1.19. The van der Waals surface area contributed by atoms with E-state index in [-0.39, 0.29) is 0 Å². The van der Waals surface area contributed by atoms with Crippen LogP contribution in [0.2, 0.25) is 0 Å². The van der Waals surface area contributed by atoms with Crippen LogP contribution in [0.1, 0.15) is 43.5 Å². The number of benzene rings is 1. The van der Waals surface area contributed by atoms with Crippen molar-refractivity contribution in [1.82, 2.24) is 19.9 Å². The zero-order valence-electron chi connectivity index (χ0n) is 16.1. The molecule has 3 heterocycles. The highest BCUT2D eigenvalue weighted by atomic mass is 15.0. The molecule has 0 spiro atoms. The second-order valence-corrected chi connectivity index (χ2v) is 7.90. The minimum absolute atomic E-state index is 0.476. The molecule has 142 valence electrons. The monoisotopic (exact) mass is 371 g/mol. The van der Waals surface area contributed by atoms with Crippen LogP contribution in [0.4, 0.5) is 5.82 Å². The average Bonchev–Trinajstić information content (AvgIpc) is 3.28. The maximum atomic E-state index is 6.01. The Bertz CT molecular complexity index is 1170. The van der Waals surface area contributed by atoms with E-state index in [2.05, 4.69) is 56.4 Å². The van der Waals surface area contributed by atoms with Crippen molar-refractivity contribution in [2.24, 2.45) is 5.92 Å². The molecule has 1 saturated carbocycles. The third kappa shape index (κ3) is 3.17. The Kier molecular flexibility index (Phi) is 4.15. The summed E-state index contributed by atoms with van der Waals surface area (Å²) in [6, 6.07) is 10.7. The second kappa shape index (κ2) is 6.82. The number of nitrogen functional groups attached to an aromatic ring is 1. The van der Waals surface area contributed by atoms with E-state index >= 15 is 0 Å². The first-order valence-corrected chi connectivity index (χ1v) is 10.1. The summed E-state index contributed by atoms with van der Waals surface area (Å²) in [6.45, 7) is 1.93. The van der Waals surface area contributed by atoms with Gasteiger partial charge >= 0.3 is 0 Å². The molecule has 1 aromatic carbocycles. The van der Waals surface area contributed by atoms with Gasteiger partial charge in [0.15, 0.2) is 5.65 Å². The van der Waals surface area contributed by atoms with Crippen molar-refractivity contribution in [1.29, 1.82) is 0 Å². The normalized spacial score (nSPS) is 15.9. The van der Waals surface area contributed by atoms with Crippen molar-refractivity contribution in [3.8, 4) is 11.3 Å². The lowest BCUT2D eigenvalue weighted by Gasteiger charge is -2.17. The van der Waals surface area contributed by atoms with Gasteiger partial charge in [-0.25, -0.2) is 9.97 Å². The van der Waals surface area contributed by atoms with E-state index in [1.54, 1.807) is 0 Å². The number of nitrogens with one attached hydrogen (secondary N) is 2. The maximum absolute atomic E-state index is 6.01. The zero-order chi connectivity index (χ0) is 19.1. The smallest absolute Gasteiger partial charge is 0.180 e. The maximum Gasteiger partial charge on any atom is 0.180 e. The summed E-state index contributed by atoms with van der Waals surface area (Å²) >= 11 is 0. The third-order valence-corrected chi connectivity index (χ3v) is 5.75. The molecule has 5 heteroatoms. The fraction of sp³-hybridized carbons (Fsp3) is 0.304. The van der Waals surface area contributed by atoms with Crippen molar-refractivity contribution in [2.45, 2.75) is 39.0 Å². The first-order valence-electron chi connectivity index (χ1n) is 10.1. The van der Waals surface area contributed by atoms with E-state index in [1.807, 2.05) is 13.0 Å². The SMILES string of the molecule is Cc1nc2nc(N)cc(-c3cc4cc(C=CC5CCCCC5)ccc4[nH]3)c2[nH]1. The van der Waals surface area contributed by atoms with Crippen molar-refractivity contribution >= 4 is 34.0 Å². The molecular weight excluding hydrogens is 346 g/mol. The summed E-state index contributed by atoms with van der Waals surface area (Å²) < 4.78 is 0. The Morgan fingerprint density at radius 1 is 1.04 bits per heavy atom. The van der Waals surface area contributed by atoms with E-state index in [1.165, 1.54) is 43.1 Å². The van der Waals surface area contributed by atoms with Crippen LogP contribution in [-0.4, -0.2) is 19.9 Å². The molecule has 3 aromatic heterocycles. The number of pyridine rings is 1. The quantitative estimate of drug-likeness (QED) is 0.439. The Balaban J connectivity index is 1.51. The van der Waals surface area contributed by atoms with E-state index in [9.17, 15) is 0 Å². The summed E-state index contributed by atoms with van der Waals surface area (Å²) in [5.74, 6) is 2.05. The van der Waals surface area contributed by atoms with Gasteiger partial charge < -0.3 is 15.7 Å². The molecule has 0 aliphatic heterocycles. The molecule has 5 nitrogen and oxygen atoms in total. The van der Waals surface area contributed by atoms with Crippen LogP contribution in [0.3, 0.4) is 0 Å². The predicted octanol–water partition coefficient (Wildman–Crippen LogP) is 5.59. The number of nitrogens with two attached hydrogens (primary N) is 1. The van der Waals surface area contributed by atoms with Crippen molar-refractivity contribution in [3.63, 3.8) is 0 Å². The van der Waals surface area contributed by atoms with Crippen LogP contribution in [0.15, 0.2) is 36.4 Å². The molecule has 5 rings (SSSR count). The molecule has 0 saturated heterocycles. The Hall–Kier alpha value is -3.08. The van der Waals surface area contributed by atoms with E-state index < -0.39 is 0 Å². The highest BCUT2D eigenvalue weighted by molar-refractivity contribution is 5.95. The first-order chi connectivity index (χ1) is 13.7. The standard InChI is InChI=1S/C23H25N5/c1-14-25-22-18(13-21(24)28-23(22)26-14)20-12-17-11-16(9-10-19(17)27-20)8-7-15-5-3-2-4-6-15/h7-13,15,27H,2-6H2,1H3,(H3,24,25,26,28). The van der Waals surface area contributed by atoms with E-state index in [0.29, 0.717) is 11.5 Å². The lowest BCUT2D eigenvalue weighted by molar-refractivity contribution is 0.420. The largest absolute Gasteiger partial charge is 0.384 e. The number of imidazole rings is 1. The Morgan fingerprint density at radius 2 is 1.89 bits per heavy atom. The lowest BCUT2D eigenvalue weighted by Crippen LogP contribution is -2.02. The number of hydrogen-bond acceptors (Lipinski definition) is 3. The molecule has 4 aromatic rings. The van der Waals surface area contributed by atoms with Crippen molar-refractivity contribution in [3.05, 3.63) is 47.8 Å². The number of H-pyrrole nitrogens is 2. The van der Waals surface area contributed by atoms with Gasteiger partial charge in [0.1, 0.15) is 11.6 Å². The van der Waals surface area contributed by atoms with Gasteiger partial charge in [-0.3, -0.25) is 0 Å². The zero-order valence-corrected chi connectivity index (χ0v) is 16.1. The van der Waals surface area contributed by atoms with Crippen molar-refractivity contribution < 1.29 is 0 Å². The van der Waals surface area contributed by atoms with Crippen LogP contribution in [0.5, 0.6) is 0 Å². The van der Waals surface area contributed by atoms with E-state index in [0.717, 1.165) is 34.0 Å². The number of hydrogen-bond donors (Lipinski definition) is 3. The highest BCUT2D eigenvalue weighted by Gasteiger charge is 2.13. The molecule has 1 fully saturated rings. The second-order valence-electron chi connectivity index (χ2n) is 7.90. The molecule has 1 aliphatic carbocycles. The molecule has 0 radical (unpaired) electrons. The Labute approximate surface area is 164 Å². The third-order valence-electron chi connectivity index (χ3n) is 5.75. The number of aromatic amines is 2. The van der Waals surface area contributed by atoms with Crippen LogP contribution in [0, 0.1) is 12.8 Å². The number of nitrogens with zero attached hydrogens (tertiary/aromatic N) is 2. The molecule has 28 heavy (non-hydrogen) atoms. The van der Waals surface area contributed by atoms with Gasteiger partial charge in [-0.1, -0.05) is 37.5 Å².